The Balaban J connectivity index is 1.49. The zero-order valence-electron chi connectivity index (χ0n) is 18.3. The summed E-state index contributed by atoms with van der Waals surface area (Å²) in [5.74, 6) is -0.292. The molecule has 32 heavy (non-hydrogen) atoms. The first kappa shape index (κ1) is 22.2. The van der Waals surface area contributed by atoms with Crippen LogP contribution < -0.4 is 0 Å². The van der Waals surface area contributed by atoms with Crippen molar-refractivity contribution >= 4 is 0 Å². The summed E-state index contributed by atoms with van der Waals surface area (Å²) in [6, 6.07) is 28.8. The van der Waals surface area contributed by atoms with Gasteiger partial charge in [0.05, 0.1) is 6.07 Å². The quantitative estimate of drug-likeness (QED) is 0.548. The molecule has 1 N–H and O–H groups in total. The number of hydrogen-bond donors (Lipinski definition) is 1. The van der Waals surface area contributed by atoms with Gasteiger partial charge in [-0.1, -0.05) is 72.8 Å². The summed E-state index contributed by atoms with van der Waals surface area (Å²) < 4.78 is 13.3. The Bertz CT molecular complexity index is 1010. The van der Waals surface area contributed by atoms with Gasteiger partial charge in [0.2, 0.25) is 0 Å². The van der Waals surface area contributed by atoms with Crippen LogP contribution in [0.15, 0.2) is 84.9 Å². The molecule has 0 radical (unpaired) electrons. The molecule has 4 rings (SSSR count). The predicted octanol–water partition coefficient (Wildman–Crippen LogP) is 5.40. The first-order valence-electron chi connectivity index (χ1n) is 11.3. The molecule has 0 spiro atoms. The van der Waals surface area contributed by atoms with Gasteiger partial charge in [-0.05, 0) is 67.6 Å². The van der Waals surface area contributed by atoms with Crippen molar-refractivity contribution in [1.29, 1.82) is 5.26 Å². The van der Waals surface area contributed by atoms with Gasteiger partial charge in [-0.3, -0.25) is 0 Å². The third-order valence-corrected chi connectivity index (χ3v) is 6.68. The molecule has 1 fully saturated rings. The zero-order valence-corrected chi connectivity index (χ0v) is 18.3. The Hall–Kier alpha value is -3.00. The molecular weight excluding hydrogens is 399 g/mol. The molecule has 0 bridgehead atoms. The topological polar surface area (TPSA) is 47.3 Å². The number of halogens is 1. The minimum atomic E-state index is -0.961. The number of nitrogens with zero attached hydrogens (tertiary/aromatic N) is 2. The van der Waals surface area contributed by atoms with Crippen molar-refractivity contribution in [3.05, 3.63) is 107 Å². The molecule has 0 saturated carbocycles. The summed E-state index contributed by atoms with van der Waals surface area (Å²) in [5.41, 5.74) is 1.12. The summed E-state index contributed by atoms with van der Waals surface area (Å²) >= 11 is 0. The SMILES string of the molecule is N#CC(CCCN1CCCC(O)(c2ccc(F)cc2)C1)(c1ccccc1)c1ccccc1. The molecule has 1 atom stereocenters. The molecule has 1 heterocycles. The molecular formula is C28H29FN2O. The van der Waals surface area contributed by atoms with E-state index in [9.17, 15) is 14.8 Å². The molecule has 3 aromatic carbocycles. The average molecular weight is 429 g/mol. The standard InChI is InChI=1S/C28H29FN2O/c29-26-15-13-25(14-16-26)28(32)18-8-20-31(22-28)19-7-17-27(21-30,23-9-3-1-4-10-23)24-11-5-2-6-12-24/h1-6,9-16,32H,7-8,17-20,22H2. The fraction of sp³-hybridized carbons (Fsp3) is 0.321. The molecule has 3 aromatic rings. The second-order valence-corrected chi connectivity index (χ2v) is 8.77. The van der Waals surface area contributed by atoms with Gasteiger partial charge in [0, 0.05) is 6.54 Å². The molecule has 164 valence electrons. The molecule has 1 unspecified atom stereocenters. The van der Waals surface area contributed by atoms with Crippen molar-refractivity contribution in [2.45, 2.75) is 36.7 Å². The lowest BCUT2D eigenvalue weighted by atomic mass is 9.72. The number of nitriles is 1. The number of benzene rings is 3. The molecule has 0 amide bonds. The number of piperidine rings is 1. The van der Waals surface area contributed by atoms with E-state index >= 15 is 0 Å². The van der Waals surface area contributed by atoms with E-state index in [0.29, 0.717) is 19.4 Å². The van der Waals surface area contributed by atoms with Crippen molar-refractivity contribution in [1.82, 2.24) is 4.90 Å². The third kappa shape index (κ3) is 4.60. The molecule has 0 aromatic heterocycles. The summed E-state index contributed by atoms with van der Waals surface area (Å²) in [4.78, 5) is 2.27. The van der Waals surface area contributed by atoms with Crippen LogP contribution >= 0.6 is 0 Å². The highest BCUT2D eigenvalue weighted by Crippen LogP contribution is 2.37. The van der Waals surface area contributed by atoms with Crippen LogP contribution in [0.4, 0.5) is 4.39 Å². The van der Waals surface area contributed by atoms with Crippen molar-refractivity contribution < 1.29 is 9.50 Å². The lowest BCUT2D eigenvalue weighted by Crippen LogP contribution is -2.46. The van der Waals surface area contributed by atoms with Gasteiger partial charge >= 0.3 is 0 Å². The summed E-state index contributed by atoms with van der Waals surface area (Å²) in [6.07, 6.45) is 3.08. The van der Waals surface area contributed by atoms with Crippen LogP contribution in [-0.2, 0) is 11.0 Å². The molecule has 4 heteroatoms. The Kier molecular flexibility index (Phi) is 6.69. The smallest absolute Gasteiger partial charge is 0.123 e. The zero-order chi connectivity index (χ0) is 22.4. The average Bonchev–Trinajstić information content (AvgIpc) is 2.84. The van der Waals surface area contributed by atoms with Crippen LogP contribution in [0.3, 0.4) is 0 Å². The lowest BCUT2D eigenvalue weighted by molar-refractivity contribution is -0.0360. The normalized spacial score (nSPS) is 19.4. The monoisotopic (exact) mass is 428 g/mol. The van der Waals surface area contributed by atoms with Crippen molar-refractivity contribution in [3.8, 4) is 6.07 Å². The van der Waals surface area contributed by atoms with Gasteiger partial charge in [0.25, 0.3) is 0 Å². The number of rotatable bonds is 7. The van der Waals surface area contributed by atoms with Gasteiger partial charge in [0.1, 0.15) is 16.8 Å². The second kappa shape index (κ2) is 9.65. The first-order chi connectivity index (χ1) is 15.6. The fourth-order valence-electron chi connectivity index (χ4n) is 4.96. The second-order valence-electron chi connectivity index (χ2n) is 8.77. The van der Waals surface area contributed by atoms with Crippen LogP contribution in [0.25, 0.3) is 0 Å². The fourth-order valence-corrected chi connectivity index (χ4v) is 4.96. The van der Waals surface area contributed by atoms with E-state index in [-0.39, 0.29) is 5.82 Å². The van der Waals surface area contributed by atoms with Crippen LogP contribution in [-0.4, -0.2) is 29.6 Å². The van der Waals surface area contributed by atoms with E-state index < -0.39 is 11.0 Å². The predicted molar refractivity (Wildman–Crippen MR) is 124 cm³/mol. The van der Waals surface area contributed by atoms with Crippen LogP contribution in [0.1, 0.15) is 42.4 Å². The summed E-state index contributed by atoms with van der Waals surface area (Å²) in [6.45, 7) is 2.24. The van der Waals surface area contributed by atoms with E-state index in [1.807, 2.05) is 60.7 Å². The first-order valence-corrected chi connectivity index (χ1v) is 11.3. The largest absolute Gasteiger partial charge is 0.384 e. The lowest BCUT2D eigenvalue weighted by Gasteiger charge is -2.40. The highest BCUT2D eigenvalue weighted by molar-refractivity contribution is 5.45. The molecule has 1 aliphatic rings. The van der Waals surface area contributed by atoms with Gasteiger partial charge < -0.3 is 10.0 Å². The van der Waals surface area contributed by atoms with Crippen LogP contribution in [0.2, 0.25) is 0 Å². The Morgan fingerprint density at radius 3 is 2.09 bits per heavy atom. The van der Waals surface area contributed by atoms with E-state index in [0.717, 1.165) is 42.6 Å². The summed E-state index contributed by atoms with van der Waals surface area (Å²) in [7, 11) is 0. The molecule has 0 aliphatic carbocycles. The maximum absolute atomic E-state index is 13.3. The molecule has 3 nitrogen and oxygen atoms in total. The van der Waals surface area contributed by atoms with E-state index in [4.69, 9.17) is 0 Å². The van der Waals surface area contributed by atoms with Crippen molar-refractivity contribution in [2.24, 2.45) is 0 Å². The minimum absolute atomic E-state index is 0.292. The minimum Gasteiger partial charge on any atom is -0.384 e. The highest BCUT2D eigenvalue weighted by atomic mass is 19.1. The van der Waals surface area contributed by atoms with Gasteiger partial charge in [-0.2, -0.15) is 5.26 Å². The number of hydrogen-bond acceptors (Lipinski definition) is 3. The Morgan fingerprint density at radius 2 is 1.53 bits per heavy atom. The van der Waals surface area contributed by atoms with E-state index in [2.05, 4.69) is 11.0 Å². The number of likely N-dealkylation sites (tertiary alicyclic amines) is 1. The maximum atomic E-state index is 13.3. The van der Waals surface area contributed by atoms with Gasteiger partial charge in [0.15, 0.2) is 0 Å². The number of β-amino-alcohol motifs (C(OH)–C–C–N with tert-alkyl or cyclic N) is 1. The highest BCUT2D eigenvalue weighted by Gasteiger charge is 2.37. The van der Waals surface area contributed by atoms with E-state index in [1.54, 1.807) is 12.1 Å². The Labute approximate surface area is 189 Å². The van der Waals surface area contributed by atoms with Crippen molar-refractivity contribution in [3.63, 3.8) is 0 Å². The number of aliphatic hydroxyl groups is 1. The Morgan fingerprint density at radius 1 is 0.938 bits per heavy atom. The molecule has 1 aliphatic heterocycles. The van der Waals surface area contributed by atoms with Crippen LogP contribution in [0, 0.1) is 17.1 Å². The third-order valence-electron chi connectivity index (χ3n) is 6.68. The molecule has 1 saturated heterocycles. The maximum Gasteiger partial charge on any atom is 0.123 e. The van der Waals surface area contributed by atoms with Crippen LogP contribution in [0.5, 0.6) is 0 Å². The van der Waals surface area contributed by atoms with Gasteiger partial charge in [-0.15, -0.1) is 0 Å². The van der Waals surface area contributed by atoms with Gasteiger partial charge in [-0.25, -0.2) is 4.39 Å². The van der Waals surface area contributed by atoms with Crippen molar-refractivity contribution in [2.75, 3.05) is 19.6 Å². The summed E-state index contributed by atoms with van der Waals surface area (Å²) in [5, 5.41) is 21.6. The van der Waals surface area contributed by atoms with E-state index in [1.165, 1.54) is 12.1 Å².